The lowest BCUT2D eigenvalue weighted by atomic mass is 9.90. The number of pyridine rings is 2. The summed E-state index contributed by atoms with van der Waals surface area (Å²) in [6, 6.07) is 8.29. The van der Waals surface area contributed by atoms with Gasteiger partial charge in [-0.2, -0.15) is 18.3 Å². The molecule has 0 radical (unpaired) electrons. The third-order valence-electron chi connectivity index (χ3n) is 8.21. The van der Waals surface area contributed by atoms with E-state index >= 15 is 0 Å². The first-order chi connectivity index (χ1) is 21.7. The van der Waals surface area contributed by atoms with Crippen molar-refractivity contribution in [3.8, 4) is 11.3 Å². The van der Waals surface area contributed by atoms with E-state index in [-0.39, 0.29) is 29.4 Å². The lowest BCUT2D eigenvalue weighted by Crippen LogP contribution is -2.39. The minimum Gasteiger partial charge on any atom is -0.383 e. The number of halogens is 3. The van der Waals surface area contributed by atoms with Crippen LogP contribution in [0.25, 0.3) is 28.2 Å². The molecule has 5 N–H and O–H groups in total. The van der Waals surface area contributed by atoms with Crippen LogP contribution in [0.2, 0.25) is 0 Å². The monoisotopic (exact) mass is 618 g/mol. The predicted molar refractivity (Wildman–Crippen MR) is 165 cm³/mol. The third-order valence-corrected chi connectivity index (χ3v) is 8.21. The van der Waals surface area contributed by atoms with Crippen LogP contribution in [-0.2, 0) is 11.0 Å². The molecule has 13 heteroatoms. The minimum atomic E-state index is -4.56. The normalized spacial score (nSPS) is 19.4. The molecule has 1 aliphatic heterocycles. The molecule has 2 aliphatic rings. The fourth-order valence-corrected chi connectivity index (χ4v) is 6.01. The van der Waals surface area contributed by atoms with E-state index in [1.807, 2.05) is 16.8 Å². The van der Waals surface area contributed by atoms with Gasteiger partial charge in [0.1, 0.15) is 17.3 Å². The lowest BCUT2D eigenvalue weighted by molar-refractivity contribution is -0.137. The van der Waals surface area contributed by atoms with Crippen LogP contribution in [0.3, 0.4) is 0 Å². The third kappa shape index (κ3) is 6.68. The van der Waals surface area contributed by atoms with Crippen LogP contribution in [0.4, 0.5) is 24.8 Å². The second-order valence-electron chi connectivity index (χ2n) is 11.4. The highest BCUT2D eigenvalue weighted by Crippen LogP contribution is 2.39. The van der Waals surface area contributed by atoms with Crippen LogP contribution in [0, 0.1) is 0 Å². The standard InChI is InChI=1S/C32H33F3N8O2/c33-32(34,35)22-12-15-38-25(16-22)41-31(45)20-10-8-19(9-11-20)28-27-29-21(18-39-30(27)36)4-2-13-37-14-3-7-26(44)40-23-5-1-6-24(17-23)43(29)42-28/h2,4,8-12,15-16,18,23-24,37H,1,3,5-7,13-14,17H2,(H2,36,39)(H,40,44)(H,38,41,45)/t23-,24-/m1/s1. The second kappa shape index (κ2) is 12.7. The molecule has 2 amide bonds. The van der Waals surface area contributed by atoms with Gasteiger partial charge in [-0.25, -0.2) is 9.97 Å². The topological polar surface area (TPSA) is 140 Å². The van der Waals surface area contributed by atoms with Gasteiger partial charge in [0.25, 0.3) is 5.91 Å². The van der Waals surface area contributed by atoms with E-state index in [0.29, 0.717) is 35.4 Å². The quantitative estimate of drug-likeness (QED) is 0.243. The second-order valence-corrected chi connectivity index (χ2v) is 11.4. The molecule has 4 aromatic rings. The van der Waals surface area contributed by atoms with Gasteiger partial charge >= 0.3 is 6.18 Å². The number of fused-ring (bicyclic) bond motifs is 3. The number of amides is 2. The molecule has 2 bridgehead atoms. The number of hydrogen-bond donors (Lipinski definition) is 4. The summed E-state index contributed by atoms with van der Waals surface area (Å²) in [6.45, 7) is 1.35. The largest absolute Gasteiger partial charge is 0.416 e. The fraction of sp³-hybridized carbons (Fsp3) is 0.344. The van der Waals surface area contributed by atoms with Gasteiger partial charge in [0.2, 0.25) is 5.91 Å². The first-order valence-electron chi connectivity index (χ1n) is 15.0. The Balaban J connectivity index is 1.35. The summed E-state index contributed by atoms with van der Waals surface area (Å²) in [5.41, 5.74) is 8.81. The van der Waals surface area contributed by atoms with E-state index < -0.39 is 17.6 Å². The molecule has 0 spiro atoms. The van der Waals surface area contributed by atoms with E-state index in [4.69, 9.17) is 10.8 Å². The maximum atomic E-state index is 13.1. The molecule has 0 saturated heterocycles. The summed E-state index contributed by atoms with van der Waals surface area (Å²) in [5.74, 6) is -0.431. The molecule has 4 heterocycles. The number of nitrogen functional groups attached to an aromatic ring is 1. The van der Waals surface area contributed by atoms with Gasteiger partial charge in [0, 0.05) is 48.1 Å². The van der Waals surface area contributed by atoms with E-state index in [2.05, 4.69) is 25.9 Å². The number of carbonyl (C=O) groups is 2. The van der Waals surface area contributed by atoms with E-state index in [1.54, 1.807) is 30.5 Å². The van der Waals surface area contributed by atoms with Crippen LogP contribution in [0.1, 0.15) is 66.1 Å². The molecular weight excluding hydrogens is 585 g/mol. The van der Waals surface area contributed by atoms with Crippen LogP contribution in [0.15, 0.2) is 54.9 Å². The van der Waals surface area contributed by atoms with E-state index in [1.165, 1.54) is 0 Å². The molecule has 3 aromatic heterocycles. The number of aromatic nitrogens is 4. The Morgan fingerprint density at radius 3 is 2.71 bits per heavy atom. The van der Waals surface area contributed by atoms with Crippen molar-refractivity contribution in [1.29, 1.82) is 0 Å². The minimum absolute atomic E-state index is 0.0162. The Hall–Kier alpha value is -4.78. The Morgan fingerprint density at radius 1 is 1.09 bits per heavy atom. The Kier molecular flexibility index (Phi) is 8.52. The highest BCUT2D eigenvalue weighted by Gasteiger charge is 2.31. The van der Waals surface area contributed by atoms with Crippen molar-refractivity contribution >= 4 is 40.4 Å². The highest BCUT2D eigenvalue weighted by atomic mass is 19.4. The Bertz CT molecular complexity index is 1750. The average molecular weight is 619 g/mol. The van der Waals surface area contributed by atoms with Crippen molar-refractivity contribution < 1.29 is 22.8 Å². The van der Waals surface area contributed by atoms with Crippen molar-refractivity contribution in [3.63, 3.8) is 0 Å². The van der Waals surface area contributed by atoms with Gasteiger partial charge in [-0.15, -0.1) is 0 Å². The van der Waals surface area contributed by atoms with Crippen LogP contribution in [0.5, 0.6) is 0 Å². The molecule has 1 aromatic carbocycles. The molecule has 1 saturated carbocycles. The zero-order valence-corrected chi connectivity index (χ0v) is 24.4. The van der Waals surface area contributed by atoms with Crippen molar-refractivity contribution in [2.45, 2.75) is 56.8 Å². The number of carbonyl (C=O) groups excluding carboxylic acids is 2. The smallest absolute Gasteiger partial charge is 0.383 e. The van der Waals surface area contributed by atoms with Gasteiger partial charge in [-0.3, -0.25) is 14.3 Å². The number of benzene rings is 1. The number of alkyl halides is 3. The summed E-state index contributed by atoms with van der Waals surface area (Å²) >= 11 is 0. The molecule has 234 valence electrons. The van der Waals surface area contributed by atoms with Crippen LogP contribution in [-0.4, -0.2) is 50.7 Å². The van der Waals surface area contributed by atoms with E-state index in [0.717, 1.165) is 68.1 Å². The number of anilines is 2. The summed E-state index contributed by atoms with van der Waals surface area (Å²) in [6.07, 6.45) is 6.89. The molecule has 10 nitrogen and oxygen atoms in total. The molecule has 2 atom stereocenters. The molecule has 45 heavy (non-hydrogen) atoms. The number of nitrogens with two attached hydrogens (primary N) is 1. The maximum Gasteiger partial charge on any atom is 0.416 e. The maximum absolute atomic E-state index is 13.1. The zero-order chi connectivity index (χ0) is 31.6. The van der Waals surface area contributed by atoms with Crippen LogP contribution < -0.4 is 21.7 Å². The van der Waals surface area contributed by atoms with Gasteiger partial charge in [0.05, 0.1) is 22.5 Å². The van der Waals surface area contributed by atoms with Gasteiger partial charge in [-0.1, -0.05) is 24.3 Å². The van der Waals surface area contributed by atoms with Gasteiger partial charge in [0.15, 0.2) is 0 Å². The van der Waals surface area contributed by atoms with Crippen molar-refractivity contribution in [2.75, 3.05) is 24.1 Å². The van der Waals surface area contributed by atoms with Gasteiger partial charge < -0.3 is 21.7 Å². The molecule has 0 unspecified atom stereocenters. The Labute approximate surface area is 257 Å². The molecular formula is C32H33F3N8O2. The average Bonchev–Trinajstić information content (AvgIpc) is 3.43. The SMILES string of the molecule is Nc1ncc2c3c1c(-c1ccc(C(=O)Nc4cc(C(F)(F)F)ccn4)cc1)nn3[C@@H]1CCC[C@H](C1)NC(=O)CCCNCC=C2. The van der Waals surface area contributed by atoms with Crippen molar-refractivity contribution in [1.82, 2.24) is 30.4 Å². The molecule has 1 aliphatic carbocycles. The molecule has 1 fully saturated rings. The first-order valence-corrected chi connectivity index (χ1v) is 15.0. The Morgan fingerprint density at radius 2 is 1.91 bits per heavy atom. The van der Waals surface area contributed by atoms with E-state index in [9.17, 15) is 22.8 Å². The van der Waals surface area contributed by atoms with Gasteiger partial charge in [-0.05, 0) is 62.9 Å². The molecule has 6 rings (SSSR count). The number of nitrogens with zero attached hydrogens (tertiary/aromatic N) is 4. The number of rotatable bonds is 3. The zero-order valence-electron chi connectivity index (χ0n) is 24.4. The first kappa shape index (κ1) is 30.3. The number of hydrogen-bond acceptors (Lipinski definition) is 7. The predicted octanol–water partition coefficient (Wildman–Crippen LogP) is 5.34. The van der Waals surface area contributed by atoms with Crippen molar-refractivity contribution in [2.24, 2.45) is 0 Å². The summed E-state index contributed by atoms with van der Waals surface area (Å²) in [4.78, 5) is 33.8. The lowest BCUT2D eigenvalue weighted by Gasteiger charge is -2.30. The fourth-order valence-electron chi connectivity index (χ4n) is 6.01. The highest BCUT2D eigenvalue weighted by molar-refractivity contribution is 6.06. The summed E-state index contributed by atoms with van der Waals surface area (Å²) < 4.78 is 41.3. The van der Waals surface area contributed by atoms with Crippen LogP contribution >= 0.6 is 0 Å². The summed E-state index contributed by atoms with van der Waals surface area (Å²) in [5, 5.41) is 14.7. The summed E-state index contributed by atoms with van der Waals surface area (Å²) in [7, 11) is 0. The number of nitrogens with one attached hydrogen (secondary N) is 3. The van der Waals surface area contributed by atoms with Crippen molar-refractivity contribution in [3.05, 3.63) is 71.6 Å².